The minimum atomic E-state index is 0.134. The van der Waals surface area contributed by atoms with Gasteiger partial charge < -0.3 is 10.6 Å². The van der Waals surface area contributed by atoms with Gasteiger partial charge in [0.15, 0.2) is 0 Å². The van der Waals surface area contributed by atoms with Crippen LogP contribution in [0.15, 0.2) is 24.3 Å². The Labute approximate surface area is 133 Å². The fraction of sp³-hybridized carbons (Fsp3) is 0.647. The summed E-state index contributed by atoms with van der Waals surface area (Å²) < 4.78 is 0. The Morgan fingerprint density at radius 3 is 3.00 bits per heavy atom. The number of hydrogen-bond donors (Lipinski definition) is 1. The highest BCUT2D eigenvalue weighted by Crippen LogP contribution is 2.42. The fourth-order valence-electron chi connectivity index (χ4n) is 4.28. The Morgan fingerprint density at radius 2 is 2.29 bits per heavy atom. The van der Waals surface area contributed by atoms with Crippen LogP contribution in [-0.2, 0) is 0 Å². The van der Waals surface area contributed by atoms with Crippen molar-refractivity contribution >= 4 is 11.6 Å². The van der Waals surface area contributed by atoms with E-state index in [0.29, 0.717) is 12.0 Å². The smallest absolute Gasteiger partial charge is 0.0409 e. The standard InChI is InChI=1S/C17H26ClN3/c1-13(14-4-3-5-16(18)10-14)20(2)17(12-19)7-9-21-8-6-15(17)11-21/h3-5,10,13,15H,6-9,11-12,19H2,1-2H3. The number of rotatable bonds is 4. The molecule has 4 atom stereocenters. The normalized spacial score (nSPS) is 33.4. The molecule has 2 aliphatic rings. The molecule has 2 N–H and O–H groups in total. The highest BCUT2D eigenvalue weighted by Gasteiger charge is 2.48. The first-order valence-electron chi connectivity index (χ1n) is 7.97. The van der Waals surface area contributed by atoms with E-state index in [4.69, 9.17) is 17.3 Å². The Balaban J connectivity index is 1.86. The quantitative estimate of drug-likeness (QED) is 0.928. The highest BCUT2D eigenvalue weighted by atomic mass is 35.5. The van der Waals surface area contributed by atoms with Gasteiger partial charge in [-0.2, -0.15) is 0 Å². The number of halogens is 1. The fourth-order valence-corrected chi connectivity index (χ4v) is 4.48. The Morgan fingerprint density at radius 1 is 1.48 bits per heavy atom. The molecule has 4 heteroatoms. The third-order valence-electron chi connectivity index (χ3n) is 5.86. The zero-order valence-electron chi connectivity index (χ0n) is 13.1. The second-order valence-electron chi connectivity index (χ2n) is 6.69. The average molecular weight is 308 g/mol. The largest absolute Gasteiger partial charge is 0.329 e. The van der Waals surface area contributed by atoms with E-state index in [2.05, 4.69) is 35.9 Å². The van der Waals surface area contributed by atoms with Crippen molar-refractivity contribution in [2.24, 2.45) is 11.7 Å². The third kappa shape index (κ3) is 2.61. The molecular weight excluding hydrogens is 282 g/mol. The molecule has 3 rings (SSSR count). The number of benzene rings is 1. The number of nitrogens with two attached hydrogens (primary N) is 1. The first kappa shape index (κ1) is 15.3. The van der Waals surface area contributed by atoms with Crippen LogP contribution in [0.5, 0.6) is 0 Å². The van der Waals surface area contributed by atoms with Gasteiger partial charge in [0.1, 0.15) is 0 Å². The lowest BCUT2D eigenvalue weighted by Crippen LogP contribution is -2.61. The van der Waals surface area contributed by atoms with Gasteiger partial charge >= 0.3 is 0 Å². The van der Waals surface area contributed by atoms with E-state index in [1.165, 1.54) is 38.0 Å². The zero-order chi connectivity index (χ0) is 15.0. The van der Waals surface area contributed by atoms with Crippen molar-refractivity contribution in [3.63, 3.8) is 0 Å². The Hall–Kier alpha value is -0.610. The maximum Gasteiger partial charge on any atom is 0.0409 e. The van der Waals surface area contributed by atoms with Gasteiger partial charge in [-0.1, -0.05) is 23.7 Å². The molecule has 1 aromatic carbocycles. The van der Waals surface area contributed by atoms with E-state index in [9.17, 15) is 0 Å². The molecule has 116 valence electrons. The van der Waals surface area contributed by atoms with Crippen molar-refractivity contribution in [3.05, 3.63) is 34.9 Å². The first-order chi connectivity index (χ1) is 10.1. The molecule has 0 aromatic heterocycles. The second kappa shape index (κ2) is 5.88. The van der Waals surface area contributed by atoms with Gasteiger partial charge in [0, 0.05) is 29.7 Å². The maximum absolute atomic E-state index is 6.28. The van der Waals surface area contributed by atoms with Crippen molar-refractivity contribution in [2.45, 2.75) is 31.3 Å². The Bertz CT molecular complexity index is 507. The van der Waals surface area contributed by atoms with Crippen molar-refractivity contribution in [1.82, 2.24) is 9.80 Å². The minimum Gasteiger partial charge on any atom is -0.329 e. The molecular formula is C17H26ClN3. The summed E-state index contributed by atoms with van der Waals surface area (Å²) in [5, 5.41) is 0.810. The van der Waals surface area contributed by atoms with Crippen LogP contribution < -0.4 is 5.73 Å². The number of fused-ring (bicyclic) bond motifs is 2. The summed E-state index contributed by atoms with van der Waals surface area (Å²) in [5.74, 6) is 0.697. The molecule has 2 fully saturated rings. The predicted molar refractivity (Wildman–Crippen MR) is 88.6 cm³/mol. The van der Waals surface area contributed by atoms with E-state index >= 15 is 0 Å². The highest BCUT2D eigenvalue weighted by molar-refractivity contribution is 6.30. The molecule has 3 nitrogen and oxygen atoms in total. The lowest BCUT2D eigenvalue weighted by atomic mass is 9.76. The van der Waals surface area contributed by atoms with Gasteiger partial charge in [0.2, 0.25) is 0 Å². The molecule has 1 aromatic rings. The summed E-state index contributed by atoms with van der Waals surface area (Å²) >= 11 is 6.16. The van der Waals surface area contributed by atoms with E-state index in [1.807, 2.05) is 12.1 Å². The molecule has 2 heterocycles. The van der Waals surface area contributed by atoms with Crippen LogP contribution in [0, 0.1) is 5.92 Å². The minimum absolute atomic E-state index is 0.134. The number of piperidine rings is 1. The van der Waals surface area contributed by atoms with E-state index in [0.717, 1.165) is 11.6 Å². The molecule has 0 amide bonds. The summed E-state index contributed by atoms with van der Waals surface area (Å²) in [6, 6.07) is 8.55. The molecule has 0 aliphatic carbocycles. The average Bonchev–Trinajstić information content (AvgIpc) is 2.90. The van der Waals surface area contributed by atoms with Gasteiger partial charge in [-0.25, -0.2) is 0 Å². The third-order valence-corrected chi connectivity index (χ3v) is 6.10. The number of likely N-dealkylation sites (N-methyl/N-ethyl adjacent to an activating group) is 1. The Kier molecular flexibility index (Phi) is 4.28. The summed E-state index contributed by atoms with van der Waals surface area (Å²) in [6.45, 7) is 6.65. The summed E-state index contributed by atoms with van der Waals surface area (Å²) in [4.78, 5) is 5.10. The lowest BCUT2D eigenvalue weighted by molar-refractivity contribution is 0.00146. The van der Waals surface area contributed by atoms with Crippen LogP contribution in [0.4, 0.5) is 0 Å². The van der Waals surface area contributed by atoms with Crippen molar-refractivity contribution in [1.29, 1.82) is 0 Å². The molecule has 0 saturated carbocycles. The summed E-state index contributed by atoms with van der Waals surface area (Å²) in [6.07, 6.45) is 2.46. The van der Waals surface area contributed by atoms with Crippen LogP contribution in [-0.4, -0.2) is 48.6 Å². The molecule has 0 radical (unpaired) electrons. The molecule has 2 saturated heterocycles. The van der Waals surface area contributed by atoms with Crippen molar-refractivity contribution in [2.75, 3.05) is 33.2 Å². The van der Waals surface area contributed by atoms with Gasteiger partial charge in [-0.3, -0.25) is 4.90 Å². The van der Waals surface area contributed by atoms with Gasteiger partial charge in [0.25, 0.3) is 0 Å². The predicted octanol–water partition coefficient (Wildman–Crippen LogP) is 2.76. The van der Waals surface area contributed by atoms with E-state index < -0.39 is 0 Å². The number of hydrogen-bond acceptors (Lipinski definition) is 3. The number of nitrogens with zero attached hydrogens (tertiary/aromatic N) is 2. The lowest BCUT2D eigenvalue weighted by Gasteiger charge is -2.51. The molecule has 0 spiro atoms. The molecule has 4 unspecified atom stereocenters. The maximum atomic E-state index is 6.28. The van der Waals surface area contributed by atoms with E-state index in [-0.39, 0.29) is 5.54 Å². The summed E-state index contributed by atoms with van der Waals surface area (Å²) in [7, 11) is 2.24. The topological polar surface area (TPSA) is 32.5 Å². The first-order valence-corrected chi connectivity index (χ1v) is 8.35. The van der Waals surface area contributed by atoms with Crippen LogP contribution in [0.1, 0.15) is 31.4 Å². The monoisotopic (exact) mass is 307 g/mol. The molecule has 2 bridgehead atoms. The van der Waals surface area contributed by atoms with Gasteiger partial charge in [-0.15, -0.1) is 0 Å². The second-order valence-corrected chi connectivity index (χ2v) is 7.12. The van der Waals surface area contributed by atoms with Crippen LogP contribution in [0.3, 0.4) is 0 Å². The van der Waals surface area contributed by atoms with Gasteiger partial charge in [-0.05, 0) is 63.5 Å². The SMILES string of the molecule is CC(c1cccc(Cl)c1)N(C)C1(CN)CCN2CCC1C2. The van der Waals surface area contributed by atoms with E-state index in [1.54, 1.807) is 0 Å². The van der Waals surface area contributed by atoms with Crippen LogP contribution in [0.2, 0.25) is 5.02 Å². The van der Waals surface area contributed by atoms with Crippen LogP contribution in [0.25, 0.3) is 0 Å². The van der Waals surface area contributed by atoms with Crippen molar-refractivity contribution in [3.8, 4) is 0 Å². The van der Waals surface area contributed by atoms with Gasteiger partial charge in [0.05, 0.1) is 0 Å². The summed E-state index contributed by atoms with van der Waals surface area (Å²) in [5.41, 5.74) is 7.69. The van der Waals surface area contributed by atoms with Crippen molar-refractivity contribution < 1.29 is 0 Å². The van der Waals surface area contributed by atoms with Crippen LogP contribution >= 0.6 is 11.6 Å². The zero-order valence-corrected chi connectivity index (χ0v) is 13.8. The molecule has 21 heavy (non-hydrogen) atoms. The molecule has 2 aliphatic heterocycles.